The molecule has 0 fully saturated rings. The van der Waals surface area contributed by atoms with Crippen molar-refractivity contribution in [1.29, 1.82) is 0 Å². The molecule has 2 aromatic rings. The van der Waals surface area contributed by atoms with Gasteiger partial charge >= 0.3 is 6.29 Å². The second-order valence-electron chi connectivity index (χ2n) is 5.20. The van der Waals surface area contributed by atoms with Gasteiger partial charge in [-0.05, 0) is 37.0 Å². The van der Waals surface area contributed by atoms with Crippen molar-refractivity contribution in [2.24, 2.45) is 0 Å². The average molecular weight is 327 g/mol. The van der Waals surface area contributed by atoms with Crippen molar-refractivity contribution in [3.05, 3.63) is 46.5 Å². The molecule has 7 heteroatoms. The fourth-order valence-electron chi connectivity index (χ4n) is 2.33. The molecular weight excluding hydrogens is 314 g/mol. The van der Waals surface area contributed by atoms with Crippen LogP contribution in [-0.4, -0.2) is 16.3 Å². The van der Waals surface area contributed by atoms with Crippen LogP contribution in [0.25, 0.3) is 0 Å². The molecule has 0 bridgehead atoms. The van der Waals surface area contributed by atoms with Crippen molar-refractivity contribution in [3.63, 3.8) is 0 Å². The van der Waals surface area contributed by atoms with Crippen LogP contribution in [0.4, 0.5) is 8.78 Å². The summed E-state index contributed by atoms with van der Waals surface area (Å²) < 4.78 is 34.9. The largest absolute Gasteiger partial charge is 0.586 e. The number of halogens is 3. The Hall–Kier alpha value is -1.95. The molecule has 1 atom stereocenters. The molecule has 2 heterocycles. The Morgan fingerprint density at radius 1 is 1.23 bits per heavy atom. The third kappa shape index (κ3) is 2.83. The van der Waals surface area contributed by atoms with Crippen LogP contribution >= 0.6 is 11.6 Å². The molecule has 1 unspecified atom stereocenters. The van der Waals surface area contributed by atoms with Crippen molar-refractivity contribution in [1.82, 2.24) is 9.97 Å². The number of alkyl halides is 2. The van der Waals surface area contributed by atoms with Crippen molar-refractivity contribution in [3.8, 4) is 11.5 Å². The quantitative estimate of drug-likeness (QED) is 0.851. The normalized spacial score (nSPS) is 16.6. The Balaban J connectivity index is 1.82. The lowest BCUT2D eigenvalue weighted by atomic mass is 9.95. The van der Waals surface area contributed by atoms with E-state index in [9.17, 15) is 8.78 Å². The van der Waals surface area contributed by atoms with E-state index in [1.807, 2.05) is 6.92 Å². The maximum Gasteiger partial charge on any atom is 0.586 e. The molecule has 1 aromatic heterocycles. The Labute approximate surface area is 131 Å². The van der Waals surface area contributed by atoms with Gasteiger partial charge in [0.1, 0.15) is 6.33 Å². The van der Waals surface area contributed by atoms with Crippen LogP contribution in [0.2, 0.25) is 5.02 Å². The van der Waals surface area contributed by atoms with E-state index in [0.717, 1.165) is 11.3 Å². The first-order chi connectivity index (χ1) is 10.4. The Kier molecular flexibility index (Phi) is 3.64. The van der Waals surface area contributed by atoms with Gasteiger partial charge in [0.15, 0.2) is 11.5 Å². The number of hydrogen-bond donors (Lipinski definition) is 0. The fraction of sp³-hybridized carbons (Fsp3) is 0.333. The molecule has 0 saturated heterocycles. The number of aryl methyl sites for hydroxylation is 1. The number of hydrogen-bond acceptors (Lipinski definition) is 4. The summed E-state index contributed by atoms with van der Waals surface area (Å²) in [5.41, 5.74) is 2.28. The molecule has 1 aliphatic heterocycles. The van der Waals surface area contributed by atoms with E-state index in [2.05, 4.69) is 19.4 Å². The van der Waals surface area contributed by atoms with E-state index in [4.69, 9.17) is 11.6 Å². The first kappa shape index (κ1) is 15.0. The summed E-state index contributed by atoms with van der Waals surface area (Å²) >= 11 is 6.19. The third-order valence-electron chi connectivity index (χ3n) is 3.53. The van der Waals surface area contributed by atoms with Crippen LogP contribution in [0.1, 0.15) is 29.8 Å². The highest BCUT2D eigenvalue weighted by Crippen LogP contribution is 2.42. The molecule has 0 aliphatic carbocycles. The van der Waals surface area contributed by atoms with Gasteiger partial charge in [-0.3, -0.25) is 0 Å². The standard InChI is InChI=1S/C15H13ClF2N2O2/c1-8(5-11-14(16)9(2)19-7-20-11)10-3-4-12-13(6-10)22-15(17,18)21-12/h3-4,6-8H,5H2,1-2H3. The van der Waals surface area contributed by atoms with Crippen LogP contribution in [0.5, 0.6) is 11.5 Å². The first-order valence-electron chi connectivity index (χ1n) is 6.71. The number of rotatable bonds is 3. The van der Waals surface area contributed by atoms with E-state index in [1.165, 1.54) is 12.4 Å². The second kappa shape index (κ2) is 5.35. The minimum atomic E-state index is -3.60. The maximum atomic E-state index is 13.0. The van der Waals surface area contributed by atoms with Crippen LogP contribution in [0.3, 0.4) is 0 Å². The lowest BCUT2D eigenvalue weighted by Crippen LogP contribution is -2.25. The predicted molar refractivity (Wildman–Crippen MR) is 76.5 cm³/mol. The molecular formula is C15H13ClF2N2O2. The molecule has 0 saturated carbocycles. The van der Waals surface area contributed by atoms with Crippen LogP contribution in [0, 0.1) is 6.92 Å². The Bertz CT molecular complexity index is 725. The summed E-state index contributed by atoms with van der Waals surface area (Å²) in [6.45, 7) is 3.77. The van der Waals surface area contributed by atoms with Crippen molar-refractivity contribution in [2.75, 3.05) is 0 Å². The van der Waals surface area contributed by atoms with Gasteiger partial charge in [-0.15, -0.1) is 8.78 Å². The van der Waals surface area contributed by atoms with Gasteiger partial charge in [-0.2, -0.15) is 0 Å². The van der Waals surface area contributed by atoms with Crippen LogP contribution in [-0.2, 0) is 6.42 Å². The van der Waals surface area contributed by atoms with Gasteiger partial charge in [0.25, 0.3) is 0 Å². The van der Waals surface area contributed by atoms with Gasteiger partial charge < -0.3 is 9.47 Å². The minimum absolute atomic E-state index is 0.0231. The highest BCUT2D eigenvalue weighted by Gasteiger charge is 2.43. The average Bonchev–Trinajstić information content (AvgIpc) is 2.76. The van der Waals surface area contributed by atoms with Crippen molar-refractivity contribution in [2.45, 2.75) is 32.5 Å². The number of nitrogens with zero attached hydrogens (tertiary/aromatic N) is 2. The monoisotopic (exact) mass is 326 g/mol. The second-order valence-corrected chi connectivity index (χ2v) is 5.58. The van der Waals surface area contributed by atoms with Crippen molar-refractivity contribution < 1.29 is 18.3 Å². The molecule has 1 aliphatic rings. The molecule has 116 valence electrons. The lowest BCUT2D eigenvalue weighted by Gasteiger charge is -2.13. The van der Waals surface area contributed by atoms with Gasteiger partial charge in [0, 0.05) is 0 Å². The zero-order valence-corrected chi connectivity index (χ0v) is 12.7. The molecule has 0 radical (unpaired) electrons. The number of ether oxygens (including phenoxy) is 2. The van der Waals surface area contributed by atoms with Crippen LogP contribution < -0.4 is 9.47 Å². The van der Waals surface area contributed by atoms with E-state index in [0.29, 0.717) is 17.1 Å². The number of benzene rings is 1. The number of aromatic nitrogens is 2. The molecule has 1 aromatic carbocycles. The summed E-state index contributed by atoms with van der Waals surface area (Å²) in [6, 6.07) is 4.77. The summed E-state index contributed by atoms with van der Waals surface area (Å²) in [6.07, 6.45) is -1.57. The third-order valence-corrected chi connectivity index (χ3v) is 4.02. The summed E-state index contributed by atoms with van der Waals surface area (Å²) in [5.74, 6) is 0.103. The molecule has 22 heavy (non-hydrogen) atoms. The van der Waals surface area contributed by atoms with E-state index >= 15 is 0 Å². The van der Waals surface area contributed by atoms with Gasteiger partial charge in [0.2, 0.25) is 0 Å². The maximum absolute atomic E-state index is 13.0. The molecule has 0 amide bonds. The van der Waals surface area contributed by atoms with Crippen molar-refractivity contribution >= 4 is 11.6 Å². The van der Waals surface area contributed by atoms with Gasteiger partial charge in [-0.25, -0.2) is 9.97 Å². The zero-order chi connectivity index (χ0) is 15.9. The summed E-state index contributed by atoms with van der Waals surface area (Å²) in [4.78, 5) is 8.20. The van der Waals surface area contributed by atoms with Gasteiger partial charge in [-0.1, -0.05) is 24.6 Å². The van der Waals surface area contributed by atoms with Gasteiger partial charge in [0.05, 0.1) is 16.4 Å². The summed E-state index contributed by atoms with van der Waals surface area (Å²) in [5, 5.41) is 0.529. The smallest absolute Gasteiger partial charge is 0.395 e. The minimum Gasteiger partial charge on any atom is -0.395 e. The highest BCUT2D eigenvalue weighted by atomic mass is 35.5. The van der Waals surface area contributed by atoms with Crippen LogP contribution in [0.15, 0.2) is 24.5 Å². The zero-order valence-electron chi connectivity index (χ0n) is 11.9. The van der Waals surface area contributed by atoms with E-state index in [-0.39, 0.29) is 17.4 Å². The lowest BCUT2D eigenvalue weighted by molar-refractivity contribution is -0.286. The Morgan fingerprint density at radius 2 is 1.95 bits per heavy atom. The highest BCUT2D eigenvalue weighted by molar-refractivity contribution is 6.31. The fourth-order valence-corrected chi connectivity index (χ4v) is 2.50. The summed E-state index contributed by atoms with van der Waals surface area (Å²) in [7, 11) is 0. The molecule has 4 nitrogen and oxygen atoms in total. The molecule has 3 rings (SSSR count). The first-order valence-corrected chi connectivity index (χ1v) is 7.09. The topological polar surface area (TPSA) is 44.2 Å². The molecule has 0 spiro atoms. The Morgan fingerprint density at radius 3 is 2.73 bits per heavy atom. The SMILES string of the molecule is Cc1ncnc(CC(C)c2ccc3c(c2)OC(F)(F)O3)c1Cl. The predicted octanol–water partition coefficient (Wildman–Crippen LogP) is 4.11. The molecule has 0 N–H and O–H groups in total. The van der Waals surface area contributed by atoms with E-state index in [1.54, 1.807) is 19.1 Å². The number of fused-ring (bicyclic) bond motifs is 1. The van der Waals surface area contributed by atoms with E-state index < -0.39 is 6.29 Å².